The van der Waals surface area contributed by atoms with E-state index in [1.54, 1.807) is 14.2 Å². The van der Waals surface area contributed by atoms with E-state index >= 15 is 0 Å². The lowest BCUT2D eigenvalue weighted by Crippen LogP contribution is -2.35. The summed E-state index contributed by atoms with van der Waals surface area (Å²) < 4.78 is 10.7. The molecule has 3 aromatic carbocycles. The number of benzene rings is 3. The first-order chi connectivity index (χ1) is 20.5. The number of methoxy groups -OCH3 is 2. The van der Waals surface area contributed by atoms with Gasteiger partial charge < -0.3 is 20.1 Å². The van der Waals surface area contributed by atoms with Crippen molar-refractivity contribution in [2.45, 2.75) is 59.3 Å². The van der Waals surface area contributed by atoms with Crippen molar-refractivity contribution in [2.75, 3.05) is 24.9 Å². The van der Waals surface area contributed by atoms with Gasteiger partial charge in [0, 0.05) is 52.7 Å². The number of nitrogens with one attached hydrogen (secondary N) is 2. The number of ketones is 2. The molecular weight excluding hydrogens is 536 g/mol. The normalized spacial score (nSPS) is 18.1. The van der Waals surface area contributed by atoms with Crippen LogP contribution >= 0.6 is 0 Å². The molecule has 0 unspecified atom stereocenters. The fraction of sp³-hybridized carbons (Fsp3) is 0.351. The van der Waals surface area contributed by atoms with Crippen LogP contribution in [0.3, 0.4) is 0 Å². The summed E-state index contributed by atoms with van der Waals surface area (Å²) in [6.07, 6.45) is 2.18. The topological polar surface area (TPSA) is 76.7 Å². The average Bonchev–Trinajstić information content (AvgIpc) is 2.96. The highest BCUT2D eigenvalue weighted by molar-refractivity contribution is 6.06. The van der Waals surface area contributed by atoms with Crippen molar-refractivity contribution in [3.05, 3.63) is 107 Å². The summed E-state index contributed by atoms with van der Waals surface area (Å²) in [5.41, 5.74) is 5.25. The summed E-state index contributed by atoms with van der Waals surface area (Å²) in [6.45, 7) is 8.50. The van der Waals surface area contributed by atoms with Gasteiger partial charge in [-0.3, -0.25) is 9.59 Å². The maximum atomic E-state index is 14.3. The van der Waals surface area contributed by atoms with Crippen LogP contribution in [-0.2, 0) is 9.59 Å². The number of hydrogen-bond acceptors (Lipinski definition) is 6. The molecular formula is C37H42N2O4. The minimum absolute atomic E-state index is 0.0649. The van der Waals surface area contributed by atoms with Gasteiger partial charge in [-0.1, -0.05) is 58.0 Å². The molecule has 6 nitrogen and oxygen atoms in total. The van der Waals surface area contributed by atoms with E-state index in [4.69, 9.17) is 9.47 Å². The molecule has 0 aromatic heterocycles. The van der Waals surface area contributed by atoms with E-state index in [-0.39, 0.29) is 22.4 Å². The second kappa shape index (κ2) is 12.1. The van der Waals surface area contributed by atoms with E-state index in [0.717, 1.165) is 39.8 Å². The first-order valence-corrected chi connectivity index (χ1v) is 14.9. The molecule has 3 aromatic rings. The molecule has 0 spiro atoms. The van der Waals surface area contributed by atoms with Gasteiger partial charge in [0.25, 0.3) is 0 Å². The lowest BCUT2D eigenvalue weighted by Gasteiger charge is -2.39. The van der Waals surface area contributed by atoms with E-state index in [1.807, 2.05) is 78.9 Å². The van der Waals surface area contributed by atoms with Gasteiger partial charge in [0.1, 0.15) is 11.5 Å². The van der Waals surface area contributed by atoms with E-state index in [0.29, 0.717) is 36.8 Å². The Morgan fingerprint density at radius 2 is 0.977 bits per heavy atom. The van der Waals surface area contributed by atoms with Crippen molar-refractivity contribution in [1.82, 2.24) is 0 Å². The average molecular weight is 579 g/mol. The van der Waals surface area contributed by atoms with E-state index in [2.05, 4.69) is 38.3 Å². The molecule has 0 radical (unpaired) electrons. The molecule has 6 heteroatoms. The van der Waals surface area contributed by atoms with Crippen LogP contribution in [0.2, 0.25) is 0 Å². The van der Waals surface area contributed by atoms with Crippen LogP contribution in [0.5, 0.6) is 11.5 Å². The van der Waals surface area contributed by atoms with Gasteiger partial charge >= 0.3 is 0 Å². The second-order valence-corrected chi connectivity index (χ2v) is 13.2. The van der Waals surface area contributed by atoms with Crippen molar-refractivity contribution in [1.29, 1.82) is 0 Å². The third-order valence-electron chi connectivity index (χ3n) is 8.32. The highest BCUT2D eigenvalue weighted by Gasteiger charge is 2.43. The van der Waals surface area contributed by atoms with E-state index in [1.165, 1.54) is 0 Å². The Kier molecular flexibility index (Phi) is 8.50. The van der Waals surface area contributed by atoms with Gasteiger partial charge in [-0.25, -0.2) is 0 Å². The molecule has 2 aliphatic rings. The number of carbonyl (C=O) groups is 2. The van der Waals surface area contributed by atoms with E-state index < -0.39 is 5.92 Å². The Hall–Kier alpha value is -4.32. The standard InChI is InChI=1S/C37H42N2O4/c1-36(2)20-29(38-25-12-16-27(42-5)17-13-25)34(31(40)22-36)33(24-10-8-7-9-11-24)35-30(21-37(3,4)23-32(35)41)39-26-14-18-28(43-6)19-15-26/h7-19,33,38-39H,20-23H2,1-6H3. The molecule has 0 saturated heterocycles. The molecule has 2 aliphatic carbocycles. The van der Waals surface area contributed by atoms with Gasteiger partial charge in [0.05, 0.1) is 14.2 Å². The van der Waals surface area contributed by atoms with Crippen LogP contribution < -0.4 is 20.1 Å². The highest BCUT2D eigenvalue weighted by atomic mass is 16.5. The summed E-state index contributed by atoms with van der Waals surface area (Å²) >= 11 is 0. The zero-order valence-electron chi connectivity index (χ0n) is 26.0. The summed E-state index contributed by atoms with van der Waals surface area (Å²) in [5, 5.41) is 7.20. The summed E-state index contributed by atoms with van der Waals surface area (Å²) in [7, 11) is 3.28. The summed E-state index contributed by atoms with van der Waals surface area (Å²) in [4.78, 5) is 28.5. The maximum Gasteiger partial charge on any atom is 0.162 e. The number of hydrogen-bond donors (Lipinski definition) is 2. The zero-order valence-corrected chi connectivity index (χ0v) is 26.0. The minimum atomic E-state index is -0.519. The Morgan fingerprint density at radius 3 is 1.35 bits per heavy atom. The van der Waals surface area contributed by atoms with Crippen LogP contribution in [0.25, 0.3) is 0 Å². The number of ether oxygens (including phenoxy) is 2. The molecule has 0 atom stereocenters. The van der Waals surface area contributed by atoms with Crippen LogP contribution in [-0.4, -0.2) is 25.8 Å². The minimum Gasteiger partial charge on any atom is -0.497 e. The zero-order chi connectivity index (χ0) is 30.8. The van der Waals surface area contributed by atoms with E-state index in [9.17, 15) is 9.59 Å². The molecule has 5 rings (SSSR count). The van der Waals surface area contributed by atoms with Crippen LogP contribution in [0, 0.1) is 10.8 Å². The monoisotopic (exact) mass is 578 g/mol. The first kappa shape index (κ1) is 30.1. The third-order valence-corrected chi connectivity index (χ3v) is 8.32. The van der Waals surface area contributed by atoms with Gasteiger partial charge in [0.2, 0.25) is 0 Å². The summed E-state index contributed by atoms with van der Waals surface area (Å²) in [6, 6.07) is 25.4. The first-order valence-electron chi connectivity index (χ1n) is 14.9. The molecule has 0 aliphatic heterocycles. The molecule has 0 bridgehead atoms. The maximum absolute atomic E-state index is 14.3. The Morgan fingerprint density at radius 1 is 0.581 bits per heavy atom. The molecule has 0 heterocycles. The van der Waals surface area contributed by atoms with Crippen LogP contribution in [0.4, 0.5) is 11.4 Å². The van der Waals surface area contributed by atoms with Crippen molar-refractivity contribution in [3.63, 3.8) is 0 Å². The predicted molar refractivity (Wildman–Crippen MR) is 173 cm³/mol. The Labute approximate surface area is 255 Å². The molecule has 224 valence electrons. The van der Waals surface area contributed by atoms with Crippen molar-refractivity contribution < 1.29 is 19.1 Å². The number of anilines is 2. The smallest absolute Gasteiger partial charge is 0.162 e. The number of allylic oxidation sites excluding steroid dienone is 4. The largest absolute Gasteiger partial charge is 0.497 e. The highest BCUT2D eigenvalue weighted by Crippen LogP contribution is 2.49. The van der Waals surface area contributed by atoms with Crippen molar-refractivity contribution in [2.24, 2.45) is 10.8 Å². The molecule has 2 N–H and O–H groups in total. The van der Waals surface area contributed by atoms with Gasteiger partial charge in [0.15, 0.2) is 11.6 Å². The number of rotatable bonds is 9. The molecule has 0 amide bonds. The fourth-order valence-electron chi connectivity index (χ4n) is 6.38. The predicted octanol–water partition coefficient (Wildman–Crippen LogP) is 8.30. The molecule has 0 saturated carbocycles. The van der Waals surface area contributed by atoms with Gasteiger partial charge in [-0.05, 0) is 77.8 Å². The number of carbonyl (C=O) groups excluding carboxylic acids is 2. The fourth-order valence-corrected chi connectivity index (χ4v) is 6.38. The van der Waals surface area contributed by atoms with Crippen LogP contribution in [0.1, 0.15) is 64.9 Å². The second-order valence-electron chi connectivity index (χ2n) is 13.2. The van der Waals surface area contributed by atoms with Gasteiger partial charge in [-0.2, -0.15) is 0 Å². The van der Waals surface area contributed by atoms with Crippen molar-refractivity contribution in [3.8, 4) is 11.5 Å². The Bertz CT molecular complexity index is 1450. The lowest BCUT2D eigenvalue weighted by molar-refractivity contribution is -0.118. The summed E-state index contributed by atoms with van der Waals surface area (Å²) in [5.74, 6) is 1.13. The lowest BCUT2D eigenvalue weighted by atomic mass is 9.66. The molecule has 0 fully saturated rings. The van der Waals surface area contributed by atoms with Gasteiger partial charge in [-0.15, -0.1) is 0 Å². The SMILES string of the molecule is COc1ccc(NC2=C(C(C3=C(Nc4ccc(OC)cc4)CC(C)(C)CC3=O)c3ccccc3)C(=O)CC(C)(C)C2)cc1. The Balaban J connectivity index is 1.72. The quantitative estimate of drug-likeness (QED) is 0.266. The van der Waals surface area contributed by atoms with Crippen molar-refractivity contribution >= 4 is 22.9 Å². The molecule has 43 heavy (non-hydrogen) atoms. The third kappa shape index (κ3) is 6.85. The van der Waals surface area contributed by atoms with Crippen LogP contribution in [0.15, 0.2) is 101 Å². The number of Topliss-reactive ketones (excluding diaryl/α,β-unsaturated/α-hetero) is 2.